The fourth-order valence-electron chi connectivity index (χ4n) is 5.14. The van der Waals surface area contributed by atoms with Gasteiger partial charge in [0.2, 0.25) is 5.91 Å². The summed E-state index contributed by atoms with van der Waals surface area (Å²) in [5.41, 5.74) is -0.0504. The lowest BCUT2D eigenvalue weighted by Gasteiger charge is -2.47. The first-order chi connectivity index (χ1) is 13.5. The highest BCUT2D eigenvalue weighted by atomic mass is 32.2. The molecule has 4 aliphatic rings. The fraction of sp³-hybridized carbons (Fsp3) is 0.750. The van der Waals surface area contributed by atoms with Gasteiger partial charge >= 0.3 is 0 Å². The number of likely N-dealkylation sites (N-methyl/N-ethyl adjacent to an activating group) is 1. The minimum Gasteiger partial charge on any atom is -0.543 e. The van der Waals surface area contributed by atoms with Gasteiger partial charge in [0, 0.05) is 23.3 Å². The standard InChI is InChI=1S/C20H29N3O5S/c1-9-15-14(10(2)24)19(26)22(15)16(20(27)28)17(9)29-12-7-13(23(3,4)8-12)18(25)21-11-5-6-11/h9-15,24H,5-8H2,1-4H3,(H-,21,25,27,28)/t9-,10-,12+,13+,14-,15-/m1/s1. The zero-order valence-corrected chi connectivity index (χ0v) is 18.1. The van der Waals surface area contributed by atoms with Gasteiger partial charge in [-0.05, 0) is 19.8 Å². The number of hydrogen-bond donors (Lipinski definition) is 2. The highest BCUT2D eigenvalue weighted by Gasteiger charge is 2.59. The number of likely N-dealkylation sites (tertiary alicyclic amines) is 1. The first kappa shape index (κ1) is 20.7. The van der Waals surface area contributed by atoms with E-state index in [-0.39, 0.29) is 40.8 Å². The molecule has 2 amide bonds. The normalized spacial score (nSPS) is 36.7. The van der Waals surface area contributed by atoms with Crippen LogP contribution in [0.1, 0.15) is 33.1 Å². The van der Waals surface area contributed by atoms with Crippen LogP contribution in [0.5, 0.6) is 0 Å². The lowest BCUT2D eigenvalue weighted by Crippen LogP contribution is -2.64. The maximum absolute atomic E-state index is 12.7. The van der Waals surface area contributed by atoms with E-state index >= 15 is 0 Å². The number of carboxylic acids is 1. The largest absolute Gasteiger partial charge is 0.543 e. The summed E-state index contributed by atoms with van der Waals surface area (Å²) < 4.78 is 0.556. The van der Waals surface area contributed by atoms with Crippen LogP contribution in [0.25, 0.3) is 0 Å². The molecule has 1 aliphatic carbocycles. The summed E-state index contributed by atoms with van der Waals surface area (Å²) in [4.78, 5) is 38.9. The van der Waals surface area contributed by atoms with E-state index in [2.05, 4.69) is 5.32 Å². The maximum atomic E-state index is 12.7. The van der Waals surface area contributed by atoms with Crippen LogP contribution < -0.4 is 10.4 Å². The van der Waals surface area contributed by atoms with Crippen molar-refractivity contribution in [1.29, 1.82) is 0 Å². The highest BCUT2D eigenvalue weighted by molar-refractivity contribution is 8.03. The number of aliphatic hydroxyl groups excluding tert-OH is 1. The van der Waals surface area contributed by atoms with Crippen LogP contribution in [0.15, 0.2) is 10.6 Å². The molecule has 0 bridgehead atoms. The van der Waals surface area contributed by atoms with Crippen LogP contribution in [0.3, 0.4) is 0 Å². The third-order valence-corrected chi connectivity index (χ3v) is 8.32. The second kappa shape index (κ2) is 6.99. The number of thioether (sulfide) groups is 1. The molecule has 0 unspecified atom stereocenters. The molecule has 8 nitrogen and oxygen atoms in total. The monoisotopic (exact) mass is 423 g/mol. The summed E-state index contributed by atoms with van der Waals surface area (Å²) in [5, 5.41) is 25.0. The number of carboxylic acid groups (broad SMARTS) is 1. The SMILES string of the molecule is C[C@@H](O)[C@H]1C(=O)N2C(C(=O)[O-])=C(S[C@H]3C[C@@H](C(=O)NC4CC4)[N+](C)(C)C3)[C@H](C)[C@H]12. The Bertz CT molecular complexity index is 791. The lowest BCUT2D eigenvalue weighted by atomic mass is 9.79. The van der Waals surface area contributed by atoms with Gasteiger partial charge in [0.15, 0.2) is 6.04 Å². The Morgan fingerprint density at radius 2 is 2.00 bits per heavy atom. The Balaban J connectivity index is 1.53. The van der Waals surface area contributed by atoms with Crippen molar-refractivity contribution in [2.24, 2.45) is 11.8 Å². The number of amides is 2. The quantitative estimate of drug-likeness (QED) is 0.420. The number of hydrogen-bond acceptors (Lipinski definition) is 6. The number of nitrogens with zero attached hydrogens (tertiary/aromatic N) is 2. The van der Waals surface area contributed by atoms with E-state index in [1.54, 1.807) is 6.92 Å². The van der Waals surface area contributed by atoms with E-state index in [0.29, 0.717) is 21.9 Å². The van der Waals surface area contributed by atoms with Crippen molar-refractivity contribution in [2.45, 2.75) is 62.6 Å². The predicted molar refractivity (Wildman–Crippen MR) is 105 cm³/mol. The van der Waals surface area contributed by atoms with E-state index < -0.39 is 18.0 Å². The molecule has 29 heavy (non-hydrogen) atoms. The number of β-lactam (4-membered cyclic amide) rings is 1. The summed E-state index contributed by atoms with van der Waals surface area (Å²) in [6.45, 7) is 4.21. The summed E-state index contributed by atoms with van der Waals surface area (Å²) in [6, 6.07) is -0.195. The van der Waals surface area contributed by atoms with Gasteiger partial charge < -0.3 is 29.7 Å². The molecule has 2 N–H and O–H groups in total. The molecule has 0 spiro atoms. The molecule has 3 fully saturated rings. The van der Waals surface area contributed by atoms with Gasteiger partial charge in [0.05, 0.1) is 55.6 Å². The number of aliphatic carboxylic acids is 1. The van der Waals surface area contributed by atoms with E-state index in [1.165, 1.54) is 16.7 Å². The number of rotatable bonds is 6. The Labute approximate surface area is 174 Å². The van der Waals surface area contributed by atoms with E-state index in [4.69, 9.17) is 0 Å². The minimum absolute atomic E-state index is 0.0504. The topological polar surface area (TPSA) is 110 Å². The van der Waals surface area contributed by atoms with Gasteiger partial charge in [-0.25, -0.2) is 0 Å². The first-order valence-electron chi connectivity index (χ1n) is 10.3. The highest BCUT2D eigenvalue weighted by Crippen LogP contribution is 2.52. The van der Waals surface area contributed by atoms with Crippen LogP contribution in [-0.2, 0) is 14.4 Å². The molecule has 4 rings (SSSR count). The third kappa shape index (κ3) is 3.37. The van der Waals surface area contributed by atoms with Gasteiger partial charge in [0.25, 0.3) is 5.91 Å². The van der Waals surface area contributed by atoms with Crippen LogP contribution >= 0.6 is 11.8 Å². The Hall–Kier alpha value is -1.58. The van der Waals surface area contributed by atoms with E-state index in [0.717, 1.165) is 19.4 Å². The number of quaternary nitrogens is 1. The summed E-state index contributed by atoms with van der Waals surface area (Å²) >= 11 is 1.47. The molecule has 0 aromatic rings. The first-order valence-corrected chi connectivity index (χ1v) is 11.2. The molecular formula is C20H29N3O5S. The van der Waals surface area contributed by atoms with E-state index in [9.17, 15) is 24.6 Å². The van der Waals surface area contributed by atoms with Gasteiger partial charge in [0.1, 0.15) is 0 Å². The van der Waals surface area contributed by atoms with Gasteiger partial charge in [-0.1, -0.05) is 6.92 Å². The molecule has 3 aliphatic heterocycles. The van der Waals surface area contributed by atoms with Crippen LogP contribution in [0.2, 0.25) is 0 Å². The van der Waals surface area contributed by atoms with Crippen molar-refractivity contribution < 1.29 is 29.1 Å². The second-order valence-corrected chi connectivity index (χ2v) is 10.8. The van der Waals surface area contributed by atoms with Crippen molar-refractivity contribution in [2.75, 3.05) is 20.6 Å². The van der Waals surface area contributed by atoms with Crippen molar-refractivity contribution in [3.63, 3.8) is 0 Å². The second-order valence-electron chi connectivity index (χ2n) is 9.49. The summed E-state index contributed by atoms with van der Waals surface area (Å²) in [5.74, 6) is -2.39. The Morgan fingerprint density at radius 3 is 2.55 bits per heavy atom. The van der Waals surface area contributed by atoms with Gasteiger partial charge in [-0.2, -0.15) is 0 Å². The zero-order valence-electron chi connectivity index (χ0n) is 17.3. The molecule has 0 aromatic carbocycles. The van der Waals surface area contributed by atoms with Gasteiger partial charge in [-0.3, -0.25) is 9.59 Å². The molecule has 1 saturated carbocycles. The Kier molecular flexibility index (Phi) is 4.99. The number of carbonyl (C=O) groups excluding carboxylic acids is 3. The summed E-state index contributed by atoms with van der Waals surface area (Å²) in [6.07, 6.45) is 1.92. The minimum atomic E-state index is -1.35. The summed E-state index contributed by atoms with van der Waals surface area (Å²) in [7, 11) is 4.06. The molecule has 9 heteroatoms. The Morgan fingerprint density at radius 1 is 1.34 bits per heavy atom. The molecule has 6 atom stereocenters. The van der Waals surface area contributed by atoms with Crippen molar-refractivity contribution >= 4 is 29.5 Å². The third-order valence-electron chi connectivity index (χ3n) is 6.83. The smallest absolute Gasteiger partial charge is 0.278 e. The molecule has 160 valence electrons. The van der Waals surface area contributed by atoms with Gasteiger partial charge in [-0.15, -0.1) is 11.8 Å². The molecule has 0 aromatic heterocycles. The number of nitrogens with one attached hydrogen (secondary N) is 1. The van der Waals surface area contributed by atoms with Crippen LogP contribution in [0.4, 0.5) is 0 Å². The van der Waals surface area contributed by atoms with E-state index in [1.807, 2.05) is 21.0 Å². The number of aliphatic hydroxyl groups is 1. The van der Waals surface area contributed by atoms with Crippen molar-refractivity contribution in [3.05, 3.63) is 10.6 Å². The maximum Gasteiger partial charge on any atom is 0.278 e. The molecule has 0 radical (unpaired) electrons. The predicted octanol–water partition coefficient (Wildman–Crippen LogP) is -0.965. The average Bonchev–Trinajstić information content (AvgIpc) is 3.30. The molecular weight excluding hydrogens is 394 g/mol. The van der Waals surface area contributed by atoms with Crippen LogP contribution in [0, 0.1) is 11.8 Å². The number of carbonyl (C=O) groups is 3. The van der Waals surface area contributed by atoms with Crippen molar-refractivity contribution in [1.82, 2.24) is 10.2 Å². The van der Waals surface area contributed by atoms with Crippen LogP contribution in [-0.4, -0.2) is 82.4 Å². The number of fused-ring (bicyclic) bond motifs is 1. The molecule has 2 saturated heterocycles. The lowest BCUT2D eigenvalue weighted by molar-refractivity contribution is -0.892. The van der Waals surface area contributed by atoms with Crippen molar-refractivity contribution in [3.8, 4) is 0 Å². The zero-order chi connectivity index (χ0) is 21.2. The average molecular weight is 424 g/mol. The molecule has 3 heterocycles. The fourth-order valence-corrected chi connectivity index (χ4v) is 6.89.